The van der Waals surface area contributed by atoms with Gasteiger partial charge in [-0.2, -0.15) is 0 Å². The van der Waals surface area contributed by atoms with Gasteiger partial charge in [-0.15, -0.1) is 0 Å². The molecule has 0 heterocycles. The molecule has 5 nitrogen and oxygen atoms in total. The third kappa shape index (κ3) is 5.44. The maximum Gasteiger partial charge on any atom is 0.211 e. The second kappa shape index (κ2) is 7.74. The second-order valence-corrected chi connectivity index (χ2v) is 13.1. The first-order chi connectivity index (χ1) is 11.3. The molecular weight excluding hydrogens is 341 g/mol. The van der Waals surface area contributed by atoms with Gasteiger partial charge in [-0.3, -0.25) is 10.1 Å². The van der Waals surface area contributed by atoms with Crippen LogP contribution in [0.5, 0.6) is 0 Å². The Hall–Kier alpha value is -1.60. The van der Waals surface area contributed by atoms with Crippen LogP contribution in [0.3, 0.4) is 0 Å². The molecule has 0 fully saturated rings. The van der Waals surface area contributed by atoms with Crippen LogP contribution in [-0.2, 0) is 9.22 Å². The highest BCUT2D eigenvalue weighted by atomic mass is 28.4. The van der Waals surface area contributed by atoms with E-state index in [4.69, 9.17) is 4.43 Å². The third-order valence-corrected chi connectivity index (χ3v) is 9.70. The van der Waals surface area contributed by atoms with Gasteiger partial charge >= 0.3 is 0 Å². The minimum absolute atomic E-state index is 0.0364. The van der Waals surface area contributed by atoms with Crippen molar-refractivity contribution in [2.45, 2.75) is 51.7 Å². The van der Waals surface area contributed by atoms with E-state index in [1.165, 1.54) is 24.3 Å². The van der Waals surface area contributed by atoms with Gasteiger partial charge in [0.05, 0.1) is 11.3 Å². The molecule has 0 aliphatic heterocycles. The Kier molecular flexibility index (Phi) is 6.64. The Balaban J connectivity index is 3.16. The molecule has 1 aromatic carbocycles. The lowest BCUT2D eigenvalue weighted by molar-refractivity contribution is -0.485. The number of benzene rings is 1. The van der Waals surface area contributed by atoms with Crippen LogP contribution in [0, 0.1) is 21.3 Å². The van der Waals surface area contributed by atoms with Gasteiger partial charge in [0, 0.05) is 11.5 Å². The molecule has 1 rings (SSSR count). The molecule has 0 amide bonds. The number of hydrogen-bond donors (Lipinski definition) is 0. The van der Waals surface area contributed by atoms with Crippen LogP contribution >= 0.6 is 0 Å². The standard InChI is InChI=1S/C18H28FNO4Si/c1-17(2,3)25(5,6)24-13-18(4,12-21)16(11-20(22)23)14-7-9-15(19)10-8-14/h7-10,12,16H,11,13H2,1-6H3/t16-,18-/m1/s1. The van der Waals surface area contributed by atoms with E-state index in [1.54, 1.807) is 6.92 Å². The molecule has 7 heteroatoms. The van der Waals surface area contributed by atoms with Gasteiger partial charge < -0.3 is 9.22 Å². The van der Waals surface area contributed by atoms with Gasteiger partial charge in [-0.1, -0.05) is 32.9 Å². The van der Waals surface area contributed by atoms with Crippen molar-refractivity contribution in [2.24, 2.45) is 5.41 Å². The number of hydrogen-bond acceptors (Lipinski definition) is 4. The first kappa shape index (κ1) is 21.4. The maximum absolute atomic E-state index is 13.2. The second-order valence-electron chi connectivity index (χ2n) is 8.29. The molecule has 0 aliphatic carbocycles. The predicted octanol–water partition coefficient (Wildman–Crippen LogP) is 4.41. The van der Waals surface area contributed by atoms with Crippen LogP contribution in [0.1, 0.15) is 39.2 Å². The van der Waals surface area contributed by atoms with E-state index in [2.05, 4.69) is 33.9 Å². The number of nitrogens with zero attached hydrogens (tertiary/aromatic N) is 1. The average molecular weight is 370 g/mol. The van der Waals surface area contributed by atoms with Crippen LogP contribution in [0.15, 0.2) is 24.3 Å². The molecule has 0 radical (unpaired) electrons. The van der Waals surface area contributed by atoms with Crippen molar-refractivity contribution in [2.75, 3.05) is 13.2 Å². The summed E-state index contributed by atoms with van der Waals surface area (Å²) in [4.78, 5) is 22.6. The van der Waals surface area contributed by atoms with Crippen LogP contribution in [-0.4, -0.2) is 32.7 Å². The molecule has 25 heavy (non-hydrogen) atoms. The lowest BCUT2D eigenvalue weighted by Crippen LogP contribution is -2.46. The number of carbonyl (C=O) groups excluding carboxylic acids is 1. The molecule has 0 aliphatic rings. The minimum atomic E-state index is -2.12. The molecule has 0 aromatic heterocycles. The zero-order chi connectivity index (χ0) is 19.5. The Morgan fingerprint density at radius 3 is 2.16 bits per heavy atom. The van der Waals surface area contributed by atoms with Crippen LogP contribution in [0.4, 0.5) is 4.39 Å². The fourth-order valence-corrected chi connectivity index (χ4v) is 3.41. The van der Waals surface area contributed by atoms with Crippen molar-refractivity contribution in [3.63, 3.8) is 0 Å². The highest BCUT2D eigenvalue weighted by molar-refractivity contribution is 6.74. The van der Waals surface area contributed by atoms with Gasteiger partial charge in [0.25, 0.3) is 0 Å². The summed E-state index contributed by atoms with van der Waals surface area (Å²) in [7, 11) is -2.12. The summed E-state index contributed by atoms with van der Waals surface area (Å²) in [5, 5.41) is 11.1. The Morgan fingerprint density at radius 1 is 1.24 bits per heavy atom. The topological polar surface area (TPSA) is 69.4 Å². The van der Waals surface area contributed by atoms with Crippen molar-refractivity contribution >= 4 is 14.6 Å². The van der Waals surface area contributed by atoms with E-state index in [-0.39, 0.29) is 11.6 Å². The lowest BCUT2D eigenvalue weighted by Gasteiger charge is -2.40. The van der Waals surface area contributed by atoms with Gasteiger partial charge in [-0.25, -0.2) is 4.39 Å². The Labute approximate surface area is 149 Å². The summed E-state index contributed by atoms with van der Waals surface area (Å²) in [6, 6.07) is 5.50. The maximum atomic E-state index is 13.2. The zero-order valence-corrected chi connectivity index (χ0v) is 16.8. The van der Waals surface area contributed by atoms with E-state index in [0.717, 1.165) is 6.29 Å². The van der Waals surface area contributed by atoms with Gasteiger partial charge in [0.1, 0.15) is 12.1 Å². The van der Waals surface area contributed by atoms with Crippen LogP contribution < -0.4 is 0 Å². The molecule has 0 saturated heterocycles. The van der Waals surface area contributed by atoms with Crippen LogP contribution in [0.25, 0.3) is 0 Å². The summed E-state index contributed by atoms with van der Waals surface area (Å²) in [6.45, 7) is 11.8. The number of halogens is 1. The van der Waals surface area contributed by atoms with Gasteiger partial charge in [-0.05, 0) is 42.8 Å². The molecule has 1 aromatic rings. The Bertz CT molecular complexity index is 612. The zero-order valence-electron chi connectivity index (χ0n) is 15.8. The molecular formula is C18H28FNO4Si. The number of carbonyl (C=O) groups is 1. The third-order valence-electron chi connectivity index (χ3n) is 5.22. The van der Waals surface area contributed by atoms with Crippen molar-refractivity contribution < 1.29 is 18.5 Å². The summed E-state index contributed by atoms with van der Waals surface area (Å²) in [6.07, 6.45) is 0.734. The molecule has 0 N–H and O–H groups in total. The van der Waals surface area contributed by atoms with Crippen molar-refractivity contribution in [1.82, 2.24) is 0 Å². The fraction of sp³-hybridized carbons (Fsp3) is 0.611. The smallest absolute Gasteiger partial charge is 0.211 e. The van der Waals surface area contributed by atoms with Crippen molar-refractivity contribution in [3.05, 3.63) is 45.8 Å². The first-order valence-electron chi connectivity index (χ1n) is 8.30. The number of rotatable bonds is 8. The molecule has 2 atom stereocenters. The van der Waals surface area contributed by atoms with E-state index in [0.29, 0.717) is 5.56 Å². The van der Waals surface area contributed by atoms with Crippen molar-refractivity contribution in [3.8, 4) is 0 Å². The average Bonchev–Trinajstić information content (AvgIpc) is 2.50. The first-order valence-corrected chi connectivity index (χ1v) is 11.2. The summed E-state index contributed by atoms with van der Waals surface area (Å²) < 4.78 is 19.4. The highest BCUT2D eigenvalue weighted by Gasteiger charge is 2.43. The van der Waals surface area contributed by atoms with Gasteiger partial charge in [0.15, 0.2) is 8.32 Å². The van der Waals surface area contributed by atoms with Crippen LogP contribution in [0.2, 0.25) is 18.1 Å². The summed E-state index contributed by atoms with van der Waals surface area (Å²) >= 11 is 0. The number of nitro groups is 1. The van der Waals surface area contributed by atoms with Crippen molar-refractivity contribution in [1.29, 1.82) is 0 Å². The van der Waals surface area contributed by atoms with E-state index in [1.807, 2.05) is 0 Å². The van der Waals surface area contributed by atoms with E-state index < -0.39 is 36.9 Å². The lowest BCUT2D eigenvalue weighted by atomic mass is 9.75. The molecule has 0 saturated carbocycles. The van der Waals surface area contributed by atoms with E-state index in [9.17, 15) is 19.3 Å². The predicted molar refractivity (Wildman–Crippen MR) is 98.3 cm³/mol. The molecule has 0 bridgehead atoms. The highest BCUT2D eigenvalue weighted by Crippen LogP contribution is 2.40. The molecule has 0 spiro atoms. The van der Waals surface area contributed by atoms with Gasteiger partial charge in [0.2, 0.25) is 6.54 Å². The number of aldehydes is 1. The fourth-order valence-electron chi connectivity index (χ4n) is 2.31. The monoisotopic (exact) mass is 369 g/mol. The minimum Gasteiger partial charge on any atom is -0.416 e. The summed E-state index contributed by atoms with van der Waals surface area (Å²) in [5.74, 6) is -1.11. The summed E-state index contributed by atoms with van der Waals surface area (Å²) in [5.41, 5.74) is -0.507. The SMILES string of the molecule is CC(C)(C)[Si](C)(C)OC[C@@](C)(C=O)[C@H](C[N+](=O)[O-])c1ccc(F)cc1. The molecule has 0 unspecified atom stereocenters. The quantitative estimate of drug-likeness (QED) is 0.294. The largest absolute Gasteiger partial charge is 0.416 e. The Morgan fingerprint density at radius 2 is 1.76 bits per heavy atom. The van der Waals surface area contributed by atoms with E-state index >= 15 is 0 Å². The molecule has 140 valence electrons. The normalized spacial score (nSPS) is 16.1.